The fraction of sp³-hybridized carbons (Fsp3) is 0.474. The van der Waals surface area contributed by atoms with E-state index in [2.05, 4.69) is 19.8 Å². The number of methoxy groups -OCH3 is 1. The Balaban J connectivity index is 1.37. The summed E-state index contributed by atoms with van der Waals surface area (Å²) < 4.78 is 11.3. The number of hydrogen-bond donors (Lipinski definition) is 1. The molecule has 7 nitrogen and oxygen atoms in total. The maximum Gasteiger partial charge on any atom is 0.227 e. The molecule has 7 heteroatoms. The van der Waals surface area contributed by atoms with Crippen molar-refractivity contribution in [2.45, 2.75) is 25.0 Å². The van der Waals surface area contributed by atoms with Crippen LogP contribution in [0.2, 0.25) is 0 Å². The average Bonchev–Trinajstić information content (AvgIpc) is 2.65. The predicted octanol–water partition coefficient (Wildman–Crippen LogP) is 1.71. The number of aliphatic hydroxyl groups is 1. The summed E-state index contributed by atoms with van der Waals surface area (Å²) in [4.78, 5) is 13.3. The van der Waals surface area contributed by atoms with E-state index in [-0.39, 0.29) is 12.2 Å². The Hall–Kier alpha value is -2.54. The van der Waals surface area contributed by atoms with Crippen LogP contribution in [0.3, 0.4) is 0 Å². The van der Waals surface area contributed by atoms with Crippen molar-refractivity contribution < 1.29 is 14.6 Å². The number of anilines is 2. The minimum atomic E-state index is -0.273. The van der Waals surface area contributed by atoms with E-state index in [9.17, 15) is 5.11 Å². The average molecular weight is 356 g/mol. The Morgan fingerprint density at radius 3 is 2.65 bits per heavy atom. The first-order valence-corrected chi connectivity index (χ1v) is 9.03. The lowest BCUT2D eigenvalue weighted by Crippen LogP contribution is -2.54. The number of β-amino-alcohol motifs (C(OH)–C–C–N with tert-alkyl or cyclic N) is 1. The molecule has 4 rings (SSSR count). The summed E-state index contributed by atoms with van der Waals surface area (Å²) in [6, 6.07) is 9.58. The van der Waals surface area contributed by atoms with Gasteiger partial charge in [-0.2, -0.15) is 4.98 Å². The molecule has 0 amide bonds. The normalized spacial score (nSPS) is 20.6. The molecule has 2 fully saturated rings. The smallest absolute Gasteiger partial charge is 0.227 e. The molecule has 0 unspecified atom stereocenters. The molecule has 138 valence electrons. The van der Waals surface area contributed by atoms with Gasteiger partial charge >= 0.3 is 0 Å². The largest absolute Gasteiger partial charge is 0.493 e. The quantitative estimate of drug-likeness (QED) is 0.874. The number of piperidine rings is 1. The molecule has 2 aromatic rings. The van der Waals surface area contributed by atoms with Gasteiger partial charge in [-0.25, -0.2) is 4.98 Å². The van der Waals surface area contributed by atoms with Crippen LogP contribution in [0, 0.1) is 0 Å². The number of hydrogen-bond acceptors (Lipinski definition) is 7. The van der Waals surface area contributed by atoms with Crippen molar-refractivity contribution in [1.82, 2.24) is 9.97 Å². The number of aromatic nitrogens is 2. The first-order chi connectivity index (χ1) is 12.7. The maximum atomic E-state index is 9.87. The standard InChI is InChI=1S/C19H24N4O3/c1-25-16-6-2-3-7-17(16)26-15-12-23(13-15)19-20-9-8-18(21-19)22-10-4-5-14(24)11-22/h2-3,6-9,14-15,24H,4-5,10-13H2,1H3/t14-/m0/s1. The minimum Gasteiger partial charge on any atom is -0.493 e. The third kappa shape index (κ3) is 3.53. The topological polar surface area (TPSA) is 71.0 Å². The van der Waals surface area contributed by atoms with Gasteiger partial charge in [0.2, 0.25) is 5.95 Å². The van der Waals surface area contributed by atoms with E-state index in [1.807, 2.05) is 30.3 Å². The molecular weight excluding hydrogens is 332 g/mol. The number of nitrogens with zero attached hydrogens (tertiary/aromatic N) is 4. The summed E-state index contributed by atoms with van der Waals surface area (Å²) in [5.41, 5.74) is 0. The maximum absolute atomic E-state index is 9.87. The molecule has 3 heterocycles. The van der Waals surface area contributed by atoms with Gasteiger partial charge in [0.15, 0.2) is 11.5 Å². The number of rotatable bonds is 5. The van der Waals surface area contributed by atoms with Crippen molar-refractivity contribution in [2.75, 3.05) is 43.1 Å². The van der Waals surface area contributed by atoms with Crippen LogP contribution in [0.1, 0.15) is 12.8 Å². The van der Waals surface area contributed by atoms with Crippen LogP contribution < -0.4 is 19.3 Å². The molecule has 0 aliphatic carbocycles. The fourth-order valence-electron chi connectivity index (χ4n) is 3.40. The van der Waals surface area contributed by atoms with Crippen molar-refractivity contribution >= 4 is 11.8 Å². The van der Waals surface area contributed by atoms with E-state index in [1.54, 1.807) is 13.3 Å². The molecule has 2 aliphatic heterocycles. The van der Waals surface area contributed by atoms with Crippen LogP contribution in [0.25, 0.3) is 0 Å². The van der Waals surface area contributed by atoms with E-state index in [1.165, 1.54) is 0 Å². The van der Waals surface area contributed by atoms with E-state index >= 15 is 0 Å². The van der Waals surface area contributed by atoms with Crippen LogP contribution >= 0.6 is 0 Å². The van der Waals surface area contributed by atoms with Crippen molar-refractivity contribution in [3.63, 3.8) is 0 Å². The molecule has 1 atom stereocenters. The lowest BCUT2D eigenvalue weighted by Gasteiger charge is -2.39. The van der Waals surface area contributed by atoms with Gasteiger partial charge < -0.3 is 24.4 Å². The molecule has 1 N–H and O–H groups in total. The molecule has 0 saturated carbocycles. The Bertz CT molecular complexity index is 751. The molecule has 1 aromatic carbocycles. The van der Waals surface area contributed by atoms with Crippen molar-refractivity contribution in [1.29, 1.82) is 0 Å². The monoisotopic (exact) mass is 356 g/mol. The van der Waals surface area contributed by atoms with E-state index in [0.29, 0.717) is 12.5 Å². The molecule has 0 bridgehead atoms. The molecule has 0 radical (unpaired) electrons. The third-order valence-electron chi connectivity index (χ3n) is 4.84. The second-order valence-electron chi connectivity index (χ2n) is 6.75. The van der Waals surface area contributed by atoms with Gasteiger partial charge in [-0.1, -0.05) is 12.1 Å². The van der Waals surface area contributed by atoms with E-state index < -0.39 is 0 Å². The number of para-hydroxylation sites is 2. The van der Waals surface area contributed by atoms with Crippen LogP contribution in [-0.2, 0) is 0 Å². The fourth-order valence-corrected chi connectivity index (χ4v) is 3.40. The van der Waals surface area contributed by atoms with Gasteiger partial charge in [-0.15, -0.1) is 0 Å². The lowest BCUT2D eigenvalue weighted by molar-refractivity contribution is 0.153. The number of ether oxygens (including phenoxy) is 2. The van der Waals surface area contributed by atoms with Crippen LogP contribution in [-0.4, -0.2) is 60.6 Å². The van der Waals surface area contributed by atoms with Crippen molar-refractivity contribution in [3.05, 3.63) is 36.5 Å². The number of benzene rings is 1. The zero-order chi connectivity index (χ0) is 17.9. The molecule has 0 spiro atoms. The molecular formula is C19H24N4O3. The second kappa shape index (κ2) is 7.37. The van der Waals surface area contributed by atoms with Gasteiger partial charge in [0.05, 0.1) is 26.3 Å². The van der Waals surface area contributed by atoms with E-state index in [0.717, 1.165) is 49.8 Å². The van der Waals surface area contributed by atoms with Gasteiger partial charge in [-0.05, 0) is 31.0 Å². The Kier molecular flexibility index (Phi) is 4.79. The third-order valence-corrected chi connectivity index (χ3v) is 4.84. The van der Waals surface area contributed by atoms with Gasteiger partial charge in [0.25, 0.3) is 0 Å². The van der Waals surface area contributed by atoms with Crippen LogP contribution in [0.4, 0.5) is 11.8 Å². The van der Waals surface area contributed by atoms with Gasteiger partial charge in [0.1, 0.15) is 11.9 Å². The molecule has 2 aliphatic rings. The Morgan fingerprint density at radius 2 is 1.88 bits per heavy atom. The molecule has 26 heavy (non-hydrogen) atoms. The van der Waals surface area contributed by atoms with Gasteiger partial charge in [0, 0.05) is 19.3 Å². The summed E-state index contributed by atoms with van der Waals surface area (Å²) in [5.74, 6) is 3.09. The van der Waals surface area contributed by atoms with Crippen molar-refractivity contribution in [3.8, 4) is 11.5 Å². The van der Waals surface area contributed by atoms with Crippen LogP contribution in [0.15, 0.2) is 36.5 Å². The lowest BCUT2D eigenvalue weighted by atomic mass is 10.1. The second-order valence-corrected chi connectivity index (χ2v) is 6.75. The summed E-state index contributed by atoms with van der Waals surface area (Å²) in [5, 5.41) is 9.87. The van der Waals surface area contributed by atoms with Crippen molar-refractivity contribution in [2.24, 2.45) is 0 Å². The first-order valence-electron chi connectivity index (χ1n) is 9.03. The van der Waals surface area contributed by atoms with Crippen LogP contribution in [0.5, 0.6) is 11.5 Å². The zero-order valence-electron chi connectivity index (χ0n) is 14.9. The predicted molar refractivity (Wildman–Crippen MR) is 99.1 cm³/mol. The molecule has 2 saturated heterocycles. The molecule has 1 aromatic heterocycles. The zero-order valence-corrected chi connectivity index (χ0v) is 14.9. The first kappa shape index (κ1) is 16.9. The summed E-state index contributed by atoms with van der Waals surface area (Å²) in [6.45, 7) is 3.04. The summed E-state index contributed by atoms with van der Waals surface area (Å²) in [7, 11) is 1.64. The SMILES string of the molecule is COc1ccccc1OC1CN(c2nccc(N3CCC[C@H](O)C3)n2)C1. The highest BCUT2D eigenvalue weighted by Crippen LogP contribution is 2.30. The minimum absolute atomic E-state index is 0.0929. The number of aliphatic hydroxyl groups excluding tert-OH is 1. The van der Waals surface area contributed by atoms with Gasteiger partial charge in [-0.3, -0.25) is 0 Å². The Morgan fingerprint density at radius 1 is 1.08 bits per heavy atom. The highest BCUT2D eigenvalue weighted by molar-refractivity contribution is 5.46. The highest BCUT2D eigenvalue weighted by atomic mass is 16.5. The summed E-state index contributed by atoms with van der Waals surface area (Å²) in [6.07, 6.45) is 3.45. The highest BCUT2D eigenvalue weighted by Gasteiger charge is 2.31. The van der Waals surface area contributed by atoms with E-state index in [4.69, 9.17) is 9.47 Å². The Labute approximate surface area is 153 Å². The summed E-state index contributed by atoms with van der Waals surface area (Å²) >= 11 is 0.